The van der Waals surface area contributed by atoms with Gasteiger partial charge in [-0.3, -0.25) is 4.79 Å². The molecule has 0 unspecified atom stereocenters. The number of carbonyl (C=O) groups excluding carboxylic acids is 1. The molecular formula is C34H46N2O3. The number of benzene rings is 2. The lowest BCUT2D eigenvalue weighted by Gasteiger charge is -2.11. The fourth-order valence-corrected chi connectivity index (χ4v) is 4.52. The normalized spacial score (nSPS) is 11.8. The lowest BCUT2D eigenvalue weighted by Crippen LogP contribution is -2.16. The second kappa shape index (κ2) is 17.4. The van der Waals surface area contributed by atoms with Gasteiger partial charge in [0.2, 0.25) is 0 Å². The van der Waals surface area contributed by atoms with Gasteiger partial charge in [0.05, 0.1) is 31.5 Å². The molecule has 0 radical (unpaired) electrons. The van der Waals surface area contributed by atoms with Crippen molar-refractivity contribution in [1.29, 1.82) is 0 Å². The van der Waals surface area contributed by atoms with Crippen molar-refractivity contribution in [3.8, 4) is 28.3 Å². The number of ether oxygens (including phenoxy) is 2. The van der Waals surface area contributed by atoms with E-state index in [0.717, 1.165) is 53.7 Å². The van der Waals surface area contributed by atoms with Crippen LogP contribution in [-0.2, 0) is 16.0 Å². The first-order valence-electron chi connectivity index (χ1n) is 14.9. The van der Waals surface area contributed by atoms with Crippen molar-refractivity contribution < 1.29 is 14.3 Å². The maximum absolute atomic E-state index is 12.2. The molecule has 0 saturated heterocycles. The maximum Gasteiger partial charge on any atom is 0.308 e. The number of unbranched alkanes of at least 4 members (excludes halogenated alkanes) is 7. The van der Waals surface area contributed by atoms with Crippen LogP contribution >= 0.6 is 0 Å². The van der Waals surface area contributed by atoms with Crippen LogP contribution in [0.25, 0.3) is 22.5 Å². The van der Waals surface area contributed by atoms with E-state index in [-0.39, 0.29) is 11.9 Å². The third-order valence-corrected chi connectivity index (χ3v) is 7.10. The summed E-state index contributed by atoms with van der Waals surface area (Å²) in [7, 11) is 0. The fraction of sp³-hybridized carbons (Fsp3) is 0.500. The summed E-state index contributed by atoms with van der Waals surface area (Å²) < 4.78 is 11.3. The molecule has 0 aliphatic heterocycles. The van der Waals surface area contributed by atoms with E-state index >= 15 is 0 Å². The summed E-state index contributed by atoms with van der Waals surface area (Å²) in [5, 5.41) is 0. The molecule has 5 heteroatoms. The van der Waals surface area contributed by atoms with Crippen LogP contribution in [0.4, 0.5) is 0 Å². The highest BCUT2D eigenvalue weighted by molar-refractivity contribution is 5.72. The molecular weight excluding hydrogens is 484 g/mol. The van der Waals surface area contributed by atoms with Crippen molar-refractivity contribution in [3.63, 3.8) is 0 Å². The molecule has 5 nitrogen and oxygen atoms in total. The topological polar surface area (TPSA) is 61.3 Å². The molecule has 0 N–H and O–H groups in total. The Hall–Kier alpha value is -3.21. The van der Waals surface area contributed by atoms with Crippen LogP contribution in [0.5, 0.6) is 5.75 Å². The summed E-state index contributed by atoms with van der Waals surface area (Å²) in [6, 6.07) is 16.7. The first-order chi connectivity index (χ1) is 19.1. The van der Waals surface area contributed by atoms with Crippen LogP contribution in [0.3, 0.4) is 0 Å². The third kappa shape index (κ3) is 10.8. The fourth-order valence-electron chi connectivity index (χ4n) is 4.52. The summed E-state index contributed by atoms with van der Waals surface area (Å²) in [6.45, 7) is 7.53. The number of hydrogen-bond acceptors (Lipinski definition) is 5. The van der Waals surface area contributed by atoms with Crippen LogP contribution in [-0.4, -0.2) is 29.2 Å². The van der Waals surface area contributed by atoms with E-state index < -0.39 is 0 Å². The van der Waals surface area contributed by atoms with Crippen LogP contribution in [0.1, 0.15) is 90.5 Å². The van der Waals surface area contributed by atoms with Crippen LogP contribution < -0.4 is 4.74 Å². The summed E-state index contributed by atoms with van der Waals surface area (Å²) in [5.74, 6) is 1.32. The van der Waals surface area contributed by atoms with Crippen LogP contribution in [0.15, 0.2) is 60.9 Å². The molecule has 0 aliphatic carbocycles. The van der Waals surface area contributed by atoms with E-state index in [2.05, 4.69) is 72.3 Å². The average molecular weight is 531 g/mol. The smallest absolute Gasteiger partial charge is 0.308 e. The molecule has 3 aromatic rings. The molecule has 3 rings (SSSR count). The van der Waals surface area contributed by atoms with Gasteiger partial charge in [-0.15, -0.1) is 0 Å². The first kappa shape index (κ1) is 30.3. The number of carbonyl (C=O) groups is 1. The van der Waals surface area contributed by atoms with Gasteiger partial charge in [0.25, 0.3) is 0 Å². The predicted molar refractivity (Wildman–Crippen MR) is 160 cm³/mol. The van der Waals surface area contributed by atoms with E-state index in [4.69, 9.17) is 9.47 Å². The Kier molecular flexibility index (Phi) is 13.5. The van der Waals surface area contributed by atoms with E-state index in [1.54, 1.807) is 12.4 Å². The van der Waals surface area contributed by atoms with Crippen molar-refractivity contribution in [3.05, 3.63) is 66.5 Å². The molecule has 1 aromatic heterocycles. The zero-order chi connectivity index (χ0) is 27.7. The minimum absolute atomic E-state index is 0.0195. The lowest BCUT2D eigenvalue weighted by molar-refractivity contribution is -0.148. The predicted octanol–water partition coefficient (Wildman–Crippen LogP) is 8.85. The third-order valence-electron chi connectivity index (χ3n) is 7.10. The minimum Gasteiger partial charge on any atom is -0.490 e. The highest BCUT2D eigenvalue weighted by Gasteiger charge is 2.13. The number of nitrogens with zero attached hydrogens (tertiary/aromatic N) is 2. The van der Waals surface area contributed by atoms with Gasteiger partial charge in [-0.25, -0.2) is 9.97 Å². The van der Waals surface area contributed by atoms with Crippen molar-refractivity contribution >= 4 is 5.97 Å². The highest BCUT2D eigenvalue weighted by atomic mass is 16.5. The second-order valence-electron chi connectivity index (χ2n) is 10.4. The van der Waals surface area contributed by atoms with Gasteiger partial charge in [0.1, 0.15) is 0 Å². The van der Waals surface area contributed by atoms with Gasteiger partial charge >= 0.3 is 5.97 Å². The van der Waals surface area contributed by atoms with Crippen molar-refractivity contribution in [1.82, 2.24) is 9.97 Å². The van der Waals surface area contributed by atoms with Gasteiger partial charge in [0, 0.05) is 12.0 Å². The monoisotopic (exact) mass is 530 g/mol. The van der Waals surface area contributed by atoms with Crippen molar-refractivity contribution in [2.75, 3.05) is 13.2 Å². The Morgan fingerprint density at radius 3 is 1.92 bits per heavy atom. The molecule has 1 heterocycles. The Morgan fingerprint density at radius 1 is 0.718 bits per heavy atom. The molecule has 39 heavy (non-hydrogen) atoms. The van der Waals surface area contributed by atoms with E-state index in [1.807, 2.05) is 6.92 Å². The van der Waals surface area contributed by atoms with Gasteiger partial charge in [-0.05, 0) is 29.5 Å². The largest absolute Gasteiger partial charge is 0.490 e. The summed E-state index contributed by atoms with van der Waals surface area (Å²) in [4.78, 5) is 21.2. The number of rotatable bonds is 18. The Labute approximate surface area is 235 Å². The lowest BCUT2D eigenvalue weighted by atomic mass is 10.0. The molecule has 210 valence electrons. The first-order valence-corrected chi connectivity index (χ1v) is 14.9. The van der Waals surface area contributed by atoms with Gasteiger partial charge in [-0.1, -0.05) is 121 Å². The van der Waals surface area contributed by atoms with E-state index in [0.29, 0.717) is 19.0 Å². The van der Waals surface area contributed by atoms with Crippen molar-refractivity contribution in [2.24, 2.45) is 5.92 Å². The molecule has 1 atom stereocenters. The SMILES string of the molecule is CCCCCCCOc1cnc(-c2ccc(-c3ccc(CCOC(=O)[C@H](C)CCCCCC)cc3)cc2)nc1. The second-order valence-corrected chi connectivity index (χ2v) is 10.4. The molecule has 0 fully saturated rings. The molecule has 0 spiro atoms. The molecule has 0 bridgehead atoms. The van der Waals surface area contributed by atoms with Gasteiger partial charge in [0.15, 0.2) is 11.6 Å². The minimum atomic E-state index is -0.0767. The number of esters is 1. The molecule has 0 amide bonds. The Bertz CT molecular complexity index is 1080. The molecule has 0 aliphatic rings. The van der Waals surface area contributed by atoms with Gasteiger partial charge < -0.3 is 9.47 Å². The number of hydrogen-bond donors (Lipinski definition) is 0. The van der Waals surface area contributed by atoms with Gasteiger partial charge in [-0.2, -0.15) is 0 Å². The standard InChI is InChI=1S/C34H46N2O3/c1-4-6-8-10-12-23-38-32-25-35-33(36-26-32)31-20-18-30(19-21-31)29-16-14-28(15-17-29)22-24-39-34(37)27(3)13-11-9-7-5-2/h14-21,25-27H,4-13,22-24H2,1-3H3/t27-/m1/s1. The van der Waals surface area contributed by atoms with E-state index in [9.17, 15) is 4.79 Å². The highest BCUT2D eigenvalue weighted by Crippen LogP contribution is 2.24. The van der Waals surface area contributed by atoms with Crippen molar-refractivity contribution in [2.45, 2.75) is 91.4 Å². The number of aromatic nitrogens is 2. The van der Waals surface area contributed by atoms with E-state index in [1.165, 1.54) is 44.9 Å². The quantitative estimate of drug-likeness (QED) is 0.121. The summed E-state index contributed by atoms with van der Waals surface area (Å²) >= 11 is 0. The summed E-state index contributed by atoms with van der Waals surface area (Å²) in [6.07, 6.45) is 16.0. The zero-order valence-corrected chi connectivity index (χ0v) is 24.2. The Balaban J connectivity index is 1.42. The van der Waals surface area contributed by atoms with Crippen LogP contribution in [0, 0.1) is 5.92 Å². The molecule has 2 aromatic carbocycles. The summed E-state index contributed by atoms with van der Waals surface area (Å²) in [5.41, 5.74) is 4.42. The van der Waals surface area contributed by atoms with Crippen LogP contribution in [0.2, 0.25) is 0 Å². The maximum atomic E-state index is 12.2. The Morgan fingerprint density at radius 2 is 1.28 bits per heavy atom. The molecule has 0 saturated carbocycles. The zero-order valence-electron chi connectivity index (χ0n) is 24.2. The average Bonchev–Trinajstić information content (AvgIpc) is 2.98.